The van der Waals surface area contributed by atoms with Crippen molar-refractivity contribution >= 4 is 17.4 Å². The van der Waals surface area contributed by atoms with Crippen molar-refractivity contribution in [3.63, 3.8) is 0 Å². The van der Waals surface area contributed by atoms with Gasteiger partial charge in [0, 0.05) is 30.1 Å². The Bertz CT molecular complexity index is 1000. The van der Waals surface area contributed by atoms with Crippen molar-refractivity contribution in [2.75, 3.05) is 18.0 Å². The summed E-state index contributed by atoms with van der Waals surface area (Å²) in [6.45, 7) is 7.81. The molecule has 33 heavy (non-hydrogen) atoms. The summed E-state index contributed by atoms with van der Waals surface area (Å²) in [6.07, 6.45) is 7.07. The Labute approximate surface area is 195 Å². The molecule has 1 aliphatic heterocycles. The number of amides is 1. The molecular formula is C26H34N4O3. The van der Waals surface area contributed by atoms with Crippen molar-refractivity contribution in [3.05, 3.63) is 63.8 Å². The highest BCUT2D eigenvalue weighted by Crippen LogP contribution is 2.45. The molecule has 2 heterocycles. The Morgan fingerprint density at radius 1 is 1.21 bits per heavy atom. The van der Waals surface area contributed by atoms with Gasteiger partial charge in [-0.05, 0) is 57.1 Å². The van der Waals surface area contributed by atoms with Gasteiger partial charge in [0.25, 0.3) is 5.69 Å². The Morgan fingerprint density at radius 3 is 2.39 bits per heavy atom. The molecule has 0 unspecified atom stereocenters. The molecule has 7 heteroatoms. The predicted molar refractivity (Wildman–Crippen MR) is 129 cm³/mol. The van der Waals surface area contributed by atoms with Crippen LogP contribution in [-0.4, -0.2) is 34.9 Å². The molecule has 0 radical (unpaired) electrons. The highest BCUT2D eigenvalue weighted by molar-refractivity contribution is 5.88. The molecule has 1 aromatic carbocycles. The molecule has 1 aliphatic carbocycles. The van der Waals surface area contributed by atoms with Gasteiger partial charge in [0.1, 0.15) is 12.0 Å². The number of carbonyl (C=O) groups excluding carboxylic acids is 1. The molecule has 1 aromatic heterocycles. The van der Waals surface area contributed by atoms with Gasteiger partial charge in [-0.1, -0.05) is 44.2 Å². The normalized spacial score (nSPS) is 18.1. The van der Waals surface area contributed by atoms with Crippen LogP contribution in [0.2, 0.25) is 0 Å². The van der Waals surface area contributed by atoms with Gasteiger partial charge >= 0.3 is 0 Å². The first kappa shape index (κ1) is 23.2. The SMILES string of the molecule is CCC(CC)(C(=O)NC1CCC2(CC1)CN(c1cc(C)c([N+](=O)[O-])cn1)C2)c1ccccc1. The lowest BCUT2D eigenvalue weighted by molar-refractivity contribution is -0.385. The van der Waals surface area contributed by atoms with Crippen LogP contribution in [0.15, 0.2) is 42.6 Å². The summed E-state index contributed by atoms with van der Waals surface area (Å²) in [4.78, 5) is 30.6. The van der Waals surface area contributed by atoms with Crippen LogP contribution in [-0.2, 0) is 10.2 Å². The number of hydrogen-bond acceptors (Lipinski definition) is 5. The third kappa shape index (κ3) is 4.33. The van der Waals surface area contributed by atoms with E-state index in [9.17, 15) is 14.9 Å². The number of rotatable bonds is 7. The van der Waals surface area contributed by atoms with Crippen LogP contribution in [0, 0.1) is 22.5 Å². The van der Waals surface area contributed by atoms with Gasteiger partial charge in [-0.2, -0.15) is 0 Å². The maximum atomic E-state index is 13.4. The molecule has 0 atom stereocenters. The number of hydrogen-bond donors (Lipinski definition) is 1. The van der Waals surface area contributed by atoms with Gasteiger partial charge in [0.15, 0.2) is 0 Å². The molecule has 2 aromatic rings. The van der Waals surface area contributed by atoms with E-state index in [0.717, 1.165) is 63.0 Å². The predicted octanol–water partition coefficient (Wildman–Crippen LogP) is 4.92. The van der Waals surface area contributed by atoms with E-state index in [4.69, 9.17) is 0 Å². The van der Waals surface area contributed by atoms with Crippen LogP contribution in [0.4, 0.5) is 11.5 Å². The minimum atomic E-state index is -0.469. The first-order valence-corrected chi connectivity index (χ1v) is 12.0. The number of nitro groups is 1. The number of aryl methyl sites for hydroxylation is 1. The maximum Gasteiger partial charge on any atom is 0.290 e. The first-order chi connectivity index (χ1) is 15.8. The van der Waals surface area contributed by atoms with E-state index >= 15 is 0 Å². The zero-order valence-corrected chi connectivity index (χ0v) is 19.8. The van der Waals surface area contributed by atoms with Crippen LogP contribution in [0.5, 0.6) is 0 Å². The topological polar surface area (TPSA) is 88.4 Å². The molecule has 1 saturated heterocycles. The van der Waals surface area contributed by atoms with Crippen molar-refractivity contribution < 1.29 is 9.72 Å². The van der Waals surface area contributed by atoms with Crippen molar-refractivity contribution in [1.82, 2.24) is 10.3 Å². The molecule has 1 amide bonds. The fourth-order valence-electron chi connectivity index (χ4n) is 5.71. The second-order valence-corrected chi connectivity index (χ2v) is 9.85. The van der Waals surface area contributed by atoms with Crippen molar-refractivity contribution in [2.45, 2.75) is 70.8 Å². The zero-order valence-electron chi connectivity index (χ0n) is 19.8. The number of benzene rings is 1. The van der Waals surface area contributed by atoms with Gasteiger partial charge < -0.3 is 10.2 Å². The fourth-order valence-corrected chi connectivity index (χ4v) is 5.71. The van der Waals surface area contributed by atoms with Crippen LogP contribution >= 0.6 is 0 Å². The molecule has 0 bridgehead atoms. The Kier molecular flexibility index (Phi) is 6.41. The molecule has 1 saturated carbocycles. The van der Waals surface area contributed by atoms with Crippen molar-refractivity contribution in [1.29, 1.82) is 0 Å². The lowest BCUT2D eigenvalue weighted by Crippen LogP contribution is -2.59. The quantitative estimate of drug-likeness (QED) is 0.478. The second-order valence-electron chi connectivity index (χ2n) is 9.85. The Morgan fingerprint density at radius 2 is 1.85 bits per heavy atom. The van der Waals surface area contributed by atoms with Gasteiger partial charge in [-0.25, -0.2) is 4.98 Å². The average molecular weight is 451 g/mol. The molecule has 1 N–H and O–H groups in total. The summed E-state index contributed by atoms with van der Waals surface area (Å²) >= 11 is 0. The Hall–Kier alpha value is -2.96. The smallest absolute Gasteiger partial charge is 0.290 e. The third-order valence-corrected chi connectivity index (χ3v) is 7.99. The van der Waals surface area contributed by atoms with E-state index in [2.05, 4.69) is 41.2 Å². The summed E-state index contributed by atoms with van der Waals surface area (Å²) in [5.74, 6) is 0.970. The summed E-state index contributed by atoms with van der Waals surface area (Å²) < 4.78 is 0. The molecule has 4 rings (SSSR count). The molecule has 7 nitrogen and oxygen atoms in total. The fraction of sp³-hybridized carbons (Fsp3) is 0.538. The second kappa shape index (κ2) is 9.12. The lowest BCUT2D eigenvalue weighted by atomic mass is 9.67. The minimum Gasteiger partial charge on any atom is -0.355 e. The standard InChI is InChI=1S/C26H34N4O3/c1-4-26(5-2,20-9-7-6-8-10-20)24(31)28-21-11-13-25(14-12-21)17-29(18-25)23-15-19(3)22(16-27-23)30(32)33/h6-10,15-16,21H,4-5,11-14,17-18H2,1-3H3,(H,28,31). The van der Waals surface area contributed by atoms with E-state index in [-0.39, 0.29) is 28.0 Å². The number of nitrogens with one attached hydrogen (secondary N) is 1. The van der Waals surface area contributed by atoms with E-state index in [1.807, 2.05) is 24.3 Å². The maximum absolute atomic E-state index is 13.4. The highest BCUT2D eigenvalue weighted by atomic mass is 16.6. The van der Waals surface area contributed by atoms with Crippen LogP contribution in [0.3, 0.4) is 0 Å². The van der Waals surface area contributed by atoms with Crippen LogP contribution in [0.1, 0.15) is 63.5 Å². The van der Waals surface area contributed by atoms with Gasteiger partial charge in [-0.15, -0.1) is 0 Å². The van der Waals surface area contributed by atoms with E-state index in [1.54, 1.807) is 6.92 Å². The first-order valence-electron chi connectivity index (χ1n) is 12.0. The number of pyridine rings is 1. The number of nitrogens with zero attached hydrogens (tertiary/aromatic N) is 3. The molecule has 176 valence electrons. The van der Waals surface area contributed by atoms with Gasteiger partial charge in [0.2, 0.25) is 5.91 Å². The van der Waals surface area contributed by atoms with Crippen LogP contribution in [0.25, 0.3) is 0 Å². The van der Waals surface area contributed by atoms with E-state index < -0.39 is 5.41 Å². The number of aromatic nitrogens is 1. The Balaban J connectivity index is 1.34. The van der Waals surface area contributed by atoms with Crippen LogP contribution < -0.4 is 10.2 Å². The molecular weight excluding hydrogens is 416 g/mol. The monoisotopic (exact) mass is 450 g/mol. The molecule has 2 aliphatic rings. The number of carbonyl (C=O) groups is 1. The highest BCUT2D eigenvalue weighted by Gasteiger charge is 2.46. The van der Waals surface area contributed by atoms with E-state index in [1.165, 1.54) is 6.20 Å². The number of anilines is 1. The molecule has 1 spiro atoms. The summed E-state index contributed by atoms with van der Waals surface area (Å²) in [6, 6.07) is 12.2. The van der Waals surface area contributed by atoms with Crippen molar-refractivity contribution in [3.8, 4) is 0 Å². The van der Waals surface area contributed by atoms with Crippen molar-refractivity contribution in [2.24, 2.45) is 5.41 Å². The largest absolute Gasteiger partial charge is 0.355 e. The summed E-state index contributed by atoms with van der Waals surface area (Å²) in [5, 5.41) is 14.4. The summed E-state index contributed by atoms with van der Waals surface area (Å²) in [7, 11) is 0. The van der Waals surface area contributed by atoms with Gasteiger partial charge in [0.05, 0.1) is 10.3 Å². The summed E-state index contributed by atoms with van der Waals surface area (Å²) in [5.41, 5.74) is 1.61. The minimum absolute atomic E-state index is 0.0657. The average Bonchev–Trinajstić information content (AvgIpc) is 2.80. The van der Waals surface area contributed by atoms with Gasteiger partial charge in [-0.3, -0.25) is 14.9 Å². The molecule has 2 fully saturated rings. The third-order valence-electron chi connectivity index (χ3n) is 7.99. The van der Waals surface area contributed by atoms with E-state index in [0.29, 0.717) is 5.56 Å². The lowest BCUT2D eigenvalue weighted by Gasteiger charge is -2.54. The zero-order chi connectivity index (χ0) is 23.6.